The molecular weight excluding hydrogens is 226 g/mol. The number of sulfone groups is 1. The Morgan fingerprint density at radius 2 is 2.19 bits per heavy atom. The highest BCUT2D eigenvalue weighted by molar-refractivity contribution is 7.91. The van der Waals surface area contributed by atoms with Crippen LogP contribution in [-0.2, 0) is 22.9 Å². The van der Waals surface area contributed by atoms with E-state index >= 15 is 0 Å². The van der Waals surface area contributed by atoms with Gasteiger partial charge in [-0.15, -0.1) is 0 Å². The lowest BCUT2D eigenvalue weighted by Gasteiger charge is -2.07. The minimum atomic E-state index is -2.91. The van der Waals surface area contributed by atoms with Crippen molar-refractivity contribution in [2.75, 3.05) is 18.1 Å². The molecule has 0 unspecified atom stereocenters. The zero-order valence-electron chi connectivity index (χ0n) is 9.81. The molecule has 0 saturated heterocycles. The molecule has 0 aliphatic heterocycles. The predicted molar refractivity (Wildman–Crippen MR) is 63.9 cm³/mol. The van der Waals surface area contributed by atoms with E-state index in [1.807, 2.05) is 13.0 Å². The Hall–Kier alpha value is -0.880. The van der Waals surface area contributed by atoms with Crippen molar-refractivity contribution in [3.8, 4) is 0 Å². The van der Waals surface area contributed by atoms with Crippen molar-refractivity contribution in [2.45, 2.75) is 26.9 Å². The fourth-order valence-corrected chi connectivity index (χ4v) is 2.07. The standard InChI is InChI=1S/C10H19N3O2S/c1-3-11-9-10-5-6-12-13(10)7-8-16(14,15)4-2/h5-6,11H,3-4,7-9H2,1-2H3. The third kappa shape index (κ3) is 3.94. The topological polar surface area (TPSA) is 64.0 Å². The van der Waals surface area contributed by atoms with Crippen LogP contribution in [-0.4, -0.2) is 36.2 Å². The molecule has 0 atom stereocenters. The third-order valence-electron chi connectivity index (χ3n) is 2.41. The largest absolute Gasteiger partial charge is 0.311 e. The SMILES string of the molecule is CCNCc1ccnn1CCS(=O)(=O)CC. The van der Waals surface area contributed by atoms with Gasteiger partial charge in [0, 0.05) is 18.5 Å². The van der Waals surface area contributed by atoms with Crippen molar-refractivity contribution in [1.82, 2.24) is 15.1 Å². The Labute approximate surface area is 96.8 Å². The van der Waals surface area contributed by atoms with E-state index in [9.17, 15) is 8.42 Å². The van der Waals surface area contributed by atoms with Crippen molar-refractivity contribution in [3.63, 3.8) is 0 Å². The summed E-state index contributed by atoms with van der Waals surface area (Å²) in [6, 6.07) is 1.90. The second kappa shape index (κ2) is 6.00. The third-order valence-corrected chi connectivity index (χ3v) is 4.10. The van der Waals surface area contributed by atoms with Crippen LogP contribution in [0.15, 0.2) is 12.3 Å². The Morgan fingerprint density at radius 1 is 1.44 bits per heavy atom. The maximum Gasteiger partial charge on any atom is 0.151 e. The van der Waals surface area contributed by atoms with Gasteiger partial charge in [0.2, 0.25) is 0 Å². The minimum Gasteiger partial charge on any atom is -0.311 e. The van der Waals surface area contributed by atoms with E-state index in [1.165, 1.54) is 0 Å². The van der Waals surface area contributed by atoms with E-state index < -0.39 is 9.84 Å². The molecule has 0 aliphatic carbocycles. The van der Waals surface area contributed by atoms with Gasteiger partial charge in [0.15, 0.2) is 9.84 Å². The summed E-state index contributed by atoms with van der Waals surface area (Å²) in [5.41, 5.74) is 1.02. The van der Waals surface area contributed by atoms with Gasteiger partial charge in [-0.05, 0) is 12.6 Å². The highest BCUT2D eigenvalue weighted by atomic mass is 32.2. The monoisotopic (exact) mass is 245 g/mol. The van der Waals surface area contributed by atoms with Crippen LogP contribution in [0.1, 0.15) is 19.5 Å². The summed E-state index contributed by atoms with van der Waals surface area (Å²) in [6.45, 7) is 5.74. The van der Waals surface area contributed by atoms with Crippen molar-refractivity contribution < 1.29 is 8.42 Å². The van der Waals surface area contributed by atoms with E-state index in [2.05, 4.69) is 10.4 Å². The summed E-state index contributed by atoms with van der Waals surface area (Å²) in [7, 11) is -2.91. The molecule has 1 heterocycles. The molecular formula is C10H19N3O2S. The number of hydrogen-bond acceptors (Lipinski definition) is 4. The molecule has 0 radical (unpaired) electrons. The van der Waals surface area contributed by atoms with E-state index in [1.54, 1.807) is 17.8 Å². The van der Waals surface area contributed by atoms with Gasteiger partial charge in [-0.2, -0.15) is 5.10 Å². The first-order valence-corrected chi connectivity index (χ1v) is 7.33. The fraction of sp³-hybridized carbons (Fsp3) is 0.700. The number of aromatic nitrogens is 2. The van der Waals surface area contributed by atoms with Gasteiger partial charge in [-0.25, -0.2) is 8.42 Å². The van der Waals surface area contributed by atoms with Crippen molar-refractivity contribution in [1.29, 1.82) is 0 Å². The molecule has 0 fully saturated rings. The van der Waals surface area contributed by atoms with Crippen LogP contribution in [0.4, 0.5) is 0 Å². The summed E-state index contributed by atoms with van der Waals surface area (Å²) in [4.78, 5) is 0. The summed E-state index contributed by atoms with van der Waals surface area (Å²) >= 11 is 0. The lowest BCUT2D eigenvalue weighted by Crippen LogP contribution is -2.20. The molecule has 5 nitrogen and oxygen atoms in total. The van der Waals surface area contributed by atoms with E-state index in [4.69, 9.17) is 0 Å². The highest BCUT2D eigenvalue weighted by Crippen LogP contribution is 2.00. The van der Waals surface area contributed by atoms with Crippen molar-refractivity contribution in [3.05, 3.63) is 18.0 Å². The van der Waals surface area contributed by atoms with Crippen LogP contribution in [0.2, 0.25) is 0 Å². The molecule has 0 aromatic carbocycles. The highest BCUT2D eigenvalue weighted by Gasteiger charge is 2.09. The quantitative estimate of drug-likeness (QED) is 0.756. The van der Waals surface area contributed by atoms with Gasteiger partial charge in [-0.1, -0.05) is 13.8 Å². The minimum absolute atomic E-state index is 0.157. The Balaban J connectivity index is 2.57. The number of nitrogens with zero attached hydrogens (tertiary/aromatic N) is 2. The van der Waals surface area contributed by atoms with Gasteiger partial charge in [0.05, 0.1) is 18.0 Å². The molecule has 6 heteroatoms. The summed E-state index contributed by atoms with van der Waals surface area (Å²) in [5.74, 6) is 0.348. The van der Waals surface area contributed by atoms with Gasteiger partial charge in [-0.3, -0.25) is 4.68 Å². The molecule has 0 spiro atoms. The van der Waals surface area contributed by atoms with Crippen molar-refractivity contribution in [2.24, 2.45) is 0 Å². The number of nitrogens with one attached hydrogen (secondary N) is 1. The van der Waals surface area contributed by atoms with Gasteiger partial charge in [0.25, 0.3) is 0 Å². The predicted octanol–water partition coefficient (Wildman–Crippen LogP) is 0.427. The van der Waals surface area contributed by atoms with Crippen LogP contribution in [0, 0.1) is 0 Å². The molecule has 16 heavy (non-hydrogen) atoms. The first-order chi connectivity index (χ1) is 7.59. The van der Waals surface area contributed by atoms with Crippen LogP contribution in [0.5, 0.6) is 0 Å². The number of aryl methyl sites for hydroxylation is 1. The molecule has 1 N–H and O–H groups in total. The molecule has 1 aromatic heterocycles. The Morgan fingerprint density at radius 3 is 2.81 bits per heavy atom. The first-order valence-electron chi connectivity index (χ1n) is 5.51. The molecule has 0 saturated carbocycles. The lowest BCUT2D eigenvalue weighted by atomic mass is 10.4. The Bertz CT molecular complexity index is 411. The zero-order chi connectivity index (χ0) is 12.0. The average Bonchev–Trinajstić information content (AvgIpc) is 2.71. The fourth-order valence-electron chi connectivity index (χ4n) is 1.33. The molecule has 1 aromatic rings. The molecule has 1 rings (SSSR count). The lowest BCUT2D eigenvalue weighted by molar-refractivity contribution is 0.565. The summed E-state index contributed by atoms with van der Waals surface area (Å²) in [6.07, 6.45) is 1.70. The van der Waals surface area contributed by atoms with Crippen molar-refractivity contribution >= 4 is 9.84 Å². The van der Waals surface area contributed by atoms with E-state index in [-0.39, 0.29) is 11.5 Å². The van der Waals surface area contributed by atoms with Crippen LogP contribution in [0.25, 0.3) is 0 Å². The second-order valence-corrected chi connectivity index (χ2v) is 6.04. The average molecular weight is 245 g/mol. The number of rotatable bonds is 7. The zero-order valence-corrected chi connectivity index (χ0v) is 10.6. The smallest absolute Gasteiger partial charge is 0.151 e. The Kier molecular flexibility index (Phi) is 4.95. The first kappa shape index (κ1) is 13.2. The summed E-state index contributed by atoms with van der Waals surface area (Å²) in [5, 5.41) is 7.31. The van der Waals surface area contributed by atoms with Gasteiger partial charge < -0.3 is 5.32 Å². The maximum absolute atomic E-state index is 11.4. The normalized spacial score (nSPS) is 11.9. The maximum atomic E-state index is 11.4. The molecule has 0 aliphatic rings. The van der Waals surface area contributed by atoms with Gasteiger partial charge in [0.1, 0.15) is 0 Å². The number of hydrogen-bond donors (Lipinski definition) is 1. The van der Waals surface area contributed by atoms with Crippen LogP contribution in [0.3, 0.4) is 0 Å². The second-order valence-electron chi connectivity index (χ2n) is 3.56. The molecule has 0 bridgehead atoms. The van der Waals surface area contributed by atoms with E-state index in [0.29, 0.717) is 6.54 Å². The van der Waals surface area contributed by atoms with Crippen LogP contribution < -0.4 is 5.32 Å². The van der Waals surface area contributed by atoms with E-state index in [0.717, 1.165) is 18.8 Å². The molecule has 0 amide bonds. The molecule has 92 valence electrons. The summed E-state index contributed by atoms with van der Waals surface area (Å²) < 4.78 is 24.5. The van der Waals surface area contributed by atoms with Gasteiger partial charge >= 0.3 is 0 Å². The van der Waals surface area contributed by atoms with Crippen LogP contribution >= 0.6 is 0 Å².